The van der Waals surface area contributed by atoms with E-state index >= 15 is 0 Å². The van der Waals surface area contributed by atoms with Gasteiger partial charge < -0.3 is 0 Å². The molecule has 0 radical (unpaired) electrons. The zero-order chi connectivity index (χ0) is 15.8. The maximum absolute atomic E-state index is 12.7. The van der Waals surface area contributed by atoms with E-state index in [1.54, 1.807) is 35.7 Å². The van der Waals surface area contributed by atoms with Gasteiger partial charge in [0.05, 0.1) is 5.56 Å². The van der Waals surface area contributed by atoms with Crippen LogP contribution in [-0.4, -0.2) is 40.0 Å². The van der Waals surface area contributed by atoms with Crippen LogP contribution >= 0.6 is 0 Å². The van der Waals surface area contributed by atoms with E-state index < -0.39 is 10.8 Å². The second-order valence-corrected chi connectivity index (χ2v) is 8.27. The molecule has 0 amide bonds. The van der Waals surface area contributed by atoms with Gasteiger partial charge in [0.15, 0.2) is 5.78 Å². The number of nitrogens with zero attached hydrogens (tertiary/aromatic N) is 4. The molecule has 2 atom stereocenters. The van der Waals surface area contributed by atoms with Crippen molar-refractivity contribution in [3.8, 4) is 5.95 Å². The normalized spacial score (nSPS) is 30.1. The number of rotatable bonds is 3. The SMILES string of the molecule is O=C(c1cnc(-n2ccnc2)nc1)C1CC2CCCC(C1)S2=O. The lowest BCUT2D eigenvalue weighted by molar-refractivity contribution is 0.0894. The van der Waals surface area contributed by atoms with Crippen molar-refractivity contribution in [3.05, 3.63) is 36.7 Å². The van der Waals surface area contributed by atoms with E-state index in [1.807, 2.05) is 0 Å². The molecule has 4 rings (SSSR count). The predicted octanol–water partition coefficient (Wildman–Crippen LogP) is 1.92. The minimum atomic E-state index is -0.747. The third kappa shape index (κ3) is 2.73. The maximum atomic E-state index is 12.7. The van der Waals surface area contributed by atoms with Crippen molar-refractivity contribution in [2.75, 3.05) is 0 Å². The van der Waals surface area contributed by atoms with E-state index in [9.17, 15) is 9.00 Å². The molecule has 23 heavy (non-hydrogen) atoms. The summed E-state index contributed by atoms with van der Waals surface area (Å²) < 4.78 is 14.0. The van der Waals surface area contributed by atoms with Crippen LogP contribution in [0.2, 0.25) is 0 Å². The van der Waals surface area contributed by atoms with E-state index in [0.29, 0.717) is 11.5 Å². The van der Waals surface area contributed by atoms with E-state index in [0.717, 1.165) is 32.1 Å². The van der Waals surface area contributed by atoms with Gasteiger partial charge in [0.25, 0.3) is 0 Å². The molecule has 0 aliphatic carbocycles. The van der Waals surface area contributed by atoms with Crippen molar-refractivity contribution >= 4 is 16.6 Å². The van der Waals surface area contributed by atoms with E-state index in [2.05, 4.69) is 15.0 Å². The zero-order valence-electron chi connectivity index (χ0n) is 12.7. The average molecular weight is 330 g/mol. The Balaban J connectivity index is 1.52. The molecule has 2 aliphatic rings. The van der Waals surface area contributed by atoms with E-state index in [-0.39, 0.29) is 22.2 Å². The van der Waals surface area contributed by atoms with Crippen molar-refractivity contribution in [2.45, 2.75) is 42.6 Å². The Hall–Kier alpha value is -1.89. The summed E-state index contributed by atoms with van der Waals surface area (Å²) in [5.74, 6) is 0.558. The predicted molar refractivity (Wildman–Crippen MR) is 85.8 cm³/mol. The molecule has 0 N–H and O–H groups in total. The van der Waals surface area contributed by atoms with Crippen molar-refractivity contribution in [2.24, 2.45) is 5.92 Å². The Kier molecular flexibility index (Phi) is 3.80. The number of carbonyl (C=O) groups is 1. The van der Waals surface area contributed by atoms with Gasteiger partial charge in [0, 0.05) is 52.0 Å². The van der Waals surface area contributed by atoms with Gasteiger partial charge in [-0.2, -0.15) is 0 Å². The largest absolute Gasteiger partial charge is 0.294 e. The van der Waals surface area contributed by atoms with Crippen LogP contribution in [-0.2, 0) is 10.8 Å². The highest BCUT2D eigenvalue weighted by Gasteiger charge is 2.40. The topological polar surface area (TPSA) is 77.7 Å². The minimum Gasteiger partial charge on any atom is -0.294 e. The highest BCUT2D eigenvalue weighted by atomic mass is 32.2. The Morgan fingerprint density at radius 3 is 2.48 bits per heavy atom. The monoisotopic (exact) mass is 330 g/mol. The van der Waals surface area contributed by atoms with Gasteiger partial charge in [-0.1, -0.05) is 6.42 Å². The highest BCUT2D eigenvalue weighted by Crippen LogP contribution is 2.38. The van der Waals surface area contributed by atoms with Crippen LogP contribution in [0.3, 0.4) is 0 Å². The first-order chi connectivity index (χ1) is 11.2. The molecule has 0 aromatic carbocycles. The van der Waals surface area contributed by atoms with Crippen LogP contribution in [0.15, 0.2) is 31.1 Å². The molecule has 6 nitrogen and oxygen atoms in total. The summed E-state index contributed by atoms with van der Waals surface area (Å²) in [6, 6.07) is 0. The van der Waals surface area contributed by atoms with Crippen LogP contribution in [0.25, 0.3) is 5.95 Å². The lowest BCUT2D eigenvalue weighted by Crippen LogP contribution is -2.41. The van der Waals surface area contributed by atoms with Gasteiger partial charge in [-0.15, -0.1) is 0 Å². The molecule has 4 heterocycles. The lowest BCUT2D eigenvalue weighted by Gasteiger charge is -2.37. The molecule has 2 saturated heterocycles. The van der Waals surface area contributed by atoms with Crippen LogP contribution in [0.5, 0.6) is 0 Å². The number of imidazole rings is 1. The number of aromatic nitrogens is 4. The standard InChI is InChI=1S/C16H18N4O2S/c21-15(11-6-13-2-1-3-14(7-11)23(13)22)12-8-18-16(19-9-12)20-5-4-17-10-20/h4-5,8-11,13-14H,1-3,6-7H2. The van der Waals surface area contributed by atoms with Gasteiger partial charge in [-0.3, -0.25) is 13.6 Å². The molecule has 0 spiro atoms. The molecular formula is C16H18N4O2S. The van der Waals surface area contributed by atoms with Gasteiger partial charge in [0.1, 0.15) is 6.33 Å². The minimum absolute atomic E-state index is 0.0364. The summed E-state index contributed by atoms with van der Waals surface area (Å²) in [4.78, 5) is 25.2. The highest BCUT2D eigenvalue weighted by molar-refractivity contribution is 7.86. The average Bonchev–Trinajstić information content (AvgIpc) is 3.08. The smallest absolute Gasteiger partial charge is 0.234 e. The van der Waals surface area contributed by atoms with Crippen LogP contribution in [0, 0.1) is 5.92 Å². The summed E-state index contributed by atoms with van der Waals surface area (Å²) in [5, 5.41) is 0.394. The van der Waals surface area contributed by atoms with E-state index in [1.165, 1.54) is 0 Å². The van der Waals surface area contributed by atoms with Gasteiger partial charge in [0.2, 0.25) is 5.95 Å². The lowest BCUT2D eigenvalue weighted by atomic mass is 9.85. The first-order valence-corrected chi connectivity index (χ1v) is 9.24. The fourth-order valence-corrected chi connectivity index (χ4v) is 5.83. The molecule has 2 bridgehead atoms. The Labute approximate surface area is 136 Å². The third-order valence-electron chi connectivity index (χ3n) is 4.83. The van der Waals surface area contributed by atoms with Crippen molar-refractivity contribution in [1.29, 1.82) is 0 Å². The molecule has 2 unspecified atom stereocenters. The Morgan fingerprint density at radius 1 is 1.17 bits per heavy atom. The third-order valence-corrected chi connectivity index (χ3v) is 7.00. The quantitative estimate of drug-likeness (QED) is 0.804. The molecule has 2 aromatic rings. The van der Waals surface area contributed by atoms with Crippen LogP contribution in [0.4, 0.5) is 0 Å². The van der Waals surface area contributed by atoms with Gasteiger partial charge in [-0.05, 0) is 25.7 Å². The molecule has 7 heteroatoms. The second-order valence-electron chi connectivity index (χ2n) is 6.28. The number of fused-ring (bicyclic) bond motifs is 2. The number of Topliss-reactive ketones (excluding diaryl/α,β-unsaturated/α-hetero) is 1. The van der Waals surface area contributed by atoms with Crippen molar-refractivity contribution in [1.82, 2.24) is 19.5 Å². The fraction of sp³-hybridized carbons (Fsp3) is 0.500. The number of hydrogen-bond acceptors (Lipinski definition) is 5. The van der Waals surface area contributed by atoms with Gasteiger partial charge >= 0.3 is 0 Å². The number of hydrogen-bond donors (Lipinski definition) is 0. The van der Waals surface area contributed by atoms with Gasteiger partial charge in [-0.25, -0.2) is 15.0 Å². The molecule has 0 saturated carbocycles. The molecule has 2 aromatic heterocycles. The Morgan fingerprint density at radius 2 is 1.87 bits per heavy atom. The molecule has 2 fully saturated rings. The molecular weight excluding hydrogens is 312 g/mol. The number of carbonyl (C=O) groups excluding carboxylic acids is 1. The molecule has 2 aliphatic heterocycles. The maximum Gasteiger partial charge on any atom is 0.234 e. The van der Waals surface area contributed by atoms with Crippen molar-refractivity contribution < 1.29 is 9.00 Å². The number of ketones is 1. The molecule has 120 valence electrons. The van der Waals surface area contributed by atoms with E-state index in [4.69, 9.17) is 0 Å². The van der Waals surface area contributed by atoms with Crippen LogP contribution in [0.1, 0.15) is 42.5 Å². The summed E-state index contributed by atoms with van der Waals surface area (Å²) in [6.45, 7) is 0. The van der Waals surface area contributed by atoms with Crippen molar-refractivity contribution in [3.63, 3.8) is 0 Å². The first kappa shape index (κ1) is 14.7. The summed E-state index contributed by atoms with van der Waals surface area (Å²) in [7, 11) is -0.747. The Bertz CT molecular complexity index is 713. The van der Waals surface area contributed by atoms with Crippen LogP contribution < -0.4 is 0 Å². The summed E-state index contributed by atoms with van der Waals surface area (Å²) in [6.07, 6.45) is 12.8. The summed E-state index contributed by atoms with van der Waals surface area (Å²) in [5.41, 5.74) is 0.546. The zero-order valence-corrected chi connectivity index (χ0v) is 13.5. The second kappa shape index (κ2) is 5.96. The first-order valence-electron chi connectivity index (χ1n) is 7.96. The summed E-state index contributed by atoms with van der Waals surface area (Å²) >= 11 is 0. The fourth-order valence-electron chi connectivity index (χ4n) is 3.64.